The van der Waals surface area contributed by atoms with Crippen molar-refractivity contribution in [3.8, 4) is 5.75 Å². The van der Waals surface area contributed by atoms with Gasteiger partial charge in [0, 0.05) is 38.6 Å². The van der Waals surface area contributed by atoms with Crippen LogP contribution in [0.25, 0.3) is 0 Å². The van der Waals surface area contributed by atoms with E-state index in [4.69, 9.17) is 4.74 Å². The number of carbonyl (C=O) groups is 1. The zero-order chi connectivity index (χ0) is 18.0. The number of aryl methyl sites for hydroxylation is 1. The maximum atomic E-state index is 13.0. The molecular formula is C17H21N3O4S. The molecule has 25 heavy (non-hydrogen) atoms. The van der Waals surface area contributed by atoms with Crippen LogP contribution >= 0.6 is 0 Å². The van der Waals surface area contributed by atoms with Gasteiger partial charge in [-0.15, -0.1) is 0 Å². The SMILES string of the molecule is COc1ccc(C)cc1S(=O)(=O)N1CCN(C(=O)c2cc[nH]c2)CC1. The Morgan fingerprint density at radius 3 is 2.48 bits per heavy atom. The zero-order valence-electron chi connectivity index (χ0n) is 14.2. The van der Waals surface area contributed by atoms with Gasteiger partial charge in [0.2, 0.25) is 10.0 Å². The third kappa shape index (κ3) is 3.40. The van der Waals surface area contributed by atoms with Gasteiger partial charge in [-0.2, -0.15) is 4.31 Å². The number of nitrogens with one attached hydrogen (secondary N) is 1. The first-order valence-corrected chi connectivity index (χ1v) is 9.44. The average Bonchev–Trinajstić information content (AvgIpc) is 3.16. The summed E-state index contributed by atoms with van der Waals surface area (Å²) in [5.41, 5.74) is 1.43. The Morgan fingerprint density at radius 2 is 1.88 bits per heavy atom. The molecule has 1 aromatic carbocycles. The second kappa shape index (κ2) is 6.89. The standard InChI is InChI=1S/C17H21N3O4S/c1-13-3-4-15(24-2)16(11-13)25(22,23)20-9-7-19(8-10-20)17(21)14-5-6-18-12-14/h3-6,11-12,18H,7-10H2,1-2H3. The fourth-order valence-electron chi connectivity index (χ4n) is 2.90. The lowest BCUT2D eigenvalue weighted by molar-refractivity contribution is 0.0698. The summed E-state index contributed by atoms with van der Waals surface area (Å²) in [6.45, 7) is 3.08. The Bertz CT molecular complexity index is 854. The lowest BCUT2D eigenvalue weighted by Gasteiger charge is -2.34. The Balaban J connectivity index is 1.76. The van der Waals surface area contributed by atoms with E-state index in [1.54, 1.807) is 35.5 Å². The molecule has 1 aliphatic heterocycles. The number of hydrogen-bond acceptors (Lipinski definition) is 4. The molecule has 0 aliphatic carbocycles. The summed E-state index contributed by atoms with van der Waals surface area (Å²) in [6.07, 6.45) is 3.33. The van der Waals surface area contributed by atoms with E-state index in [0.717, 1.165) is 5.56 Å². The van der Waals surface area contributed by atoms with E-state index in [9.17, 15) is 13.2 Å². The van der Waals surface area contributed by atoms with Gasteiger partial charge < -0.3 is 14.6 Å². The molecule has 134 valence electrons. The molecule has 1 amide bonds. The molecule has 1 aliphatic rings. The molecule has 0 saturated carbocycles. The number of nitrogens with zero attached hydrogens (tertiary/aromatic N) is 2. The Kier molecular flexibility index (Phi) is 4.82. The van der Waals surface area contributed by atoms with Crippen LogP contribution in [0.5, 0.6) is 5.75 Å². The second-order valence-corrected chi connectivity index (χ2v) is 7.86. The van der Waals surface area contributed by atoms with Crippen LogP contribution in [0.3, 0.4) is 0 Å². The number of piperazine rings is 1. The number of aromatic amines is 1. The number of sulfonamides is 1. The lowest BCUT2D eigenvalue weighted by Crippen LogP contribution is -2.50. The smallest absolute Gasteiger partial charge is 0.255 e. The van der Waals surface area contributed by atoms with E-state index >= 15 is 0 Å². The lowest BCUT2D eigenvalue weighted by atomic mass is 10.2. The van der Waals surface area contributed by atoms with Gasteiger partial charge in [-0.25, -0.2) is 8.42 Å². The van der Waals surface area contributed by atoms with Crippen molar-refractivity contribution in [3.05, 3.63) is 47.8 Å². The van der Waals surface area contributed by atoms with Crippen molar-refractivity contribution >= 4 is 15.9 Å². The fraction of sp³-hybridized carbons (Fsp3) is 0.353. The van der Waals surface area contributed by atoms with Gasteiger partial charge in [-0.1, -0.05) is 6.07 Å². The summed E-state index contributed by atoms with van der Waals surface area (Å²) in [5.74, 6) is 0.239. The van der Waals surface area contributed by atoms with E-state index in [0.29, 0.717) is 24.4 Å². The quantitative estimate of drug-likeness (QED) is 0.892. The molecule has 3 rings (SSSR count). The number of ether oxygens (including phenoxy) is 1. The van der Waals surface area contributed by atoms with E-state index in [2.05, 4.69) is 4.98 Å². The molecule has 0 radical (unpaired) electrons. The monoisotopic (exact) mass is 363 g/mol. The highest BCUT2D eigenvalue weighted by atomic mass is 32.2. The number of rotatable bonds is 4. The number of hydrogen-bond donors (Lipinski definition) is 1. The molecule has 0 bridgehead atoms. The van der Waals surface area contributed by atoms with Crippen LogP contribution in [0.2, 0.25) is 0 Å². The highest BCUT2D eigenvalue weighted by Gasteiger charge is 2.32. The predicted molar refractivity (Wildman–Crippen MR) is 93.2 cm³/mol. The summed E-state index contributed by atoms with van der Waals surface area (Å²) < 4.78 is 32.5. The van der Waals surface area contributed by atoms with Gasteiger partial charge in [-0.3, -0.25) is 4.79 Å². The molecule has 1 saturated heterocycles. The van der Waals surface area contributed by atoms with Crippen molar-refractivity contribution in [2.45, 2.75) is 11.8 Å². The van der Waals surface area contributed by atoms with Crippen molar-refractivity contribution in [2.75, 3.05) is 33.3 Å². The maximum Gasteiger partial charge on any atom is 0.255 e. The average molecular weight is 363 g/mol. The number of aromatic nitrogens is 1. The normalized spacial score (nSPS) is 16.0. The summed E-state index contributed by atoms with van der Waals surface area (Å²) in [7, 11) is -2.21. The van der Waals surface area contributed by atoms with Gasteiger partial charge in [0.1, 0.15) is 10.6 Å². The molecule has 2 heterocycles. The minimum absolute atomic E-state index is 0.0913. The minimum atomic E-state index is -3.67. The molecule has 1 N–H and O–H groups in total. The summed E-state index contributed by atoms with van der Waals surface area (Å²) in [4.78, 5) is 17.0. The van der Waals surface area contributed by atoms with Gasteiger partial charge in [0.15, 0.2) is 0 Å². The van der Waals surface area contributed by atoms with Gasteiger partial charge in [0.05, 0.1) is 12.7 Å². The molecule has 7 nitrogen and oxygen atoms in total. The zero-order valence-corrected chi connectivity index (χ0v) is 15.0. The Hall–Kier alpha value is -2.32. The molecule has 0 unspecified atom stereocenters. The van der Waals surface area contributed by atoms with Gasteiger partial charge in [0.25, 0.3) is 5.91 Å². The van der Waals surface area contributed by atoms with Crippen LogP contribution in [0.1, 0.15) is 15.9 Å². The summed E-state index contributed by atoms with van der Waals surface area (Å²) in [5, 5.41) is 0. The Morgan fingerprint density at radius 1 is 1.16 bits per heavy atom. The van der Waals surface area contributed by atoms with Crippen molar-refractivity contribution in [3.63, 3.8) is 0 Å². The third-order valence-electron chi connectivity index (χ3n) is 4.31. The summed E-state index contributed by atoms with van der Waals surface area (Å²) >= 11 is 0. The number of methoxy groups -OCH3 is 1. The molecule has 1 fully saturated rings. The first-order chi connectivity index (χ1) is 11.9. The summed E-state index contributed by atoms with van der Waals surface area (Å²) in [6, 6.07) is 6.80. The van der Waals surface area contributed by atoms with Crippen LogP contribution in [0, 0.1) is 6.92 Å². The van der Waals surface area contributed by atoms with E-state index in [1.807, 2.05) is 13.0 Å². The topological polar surface area (TPSA) is 82.7 Å². The van der Waals surface area contributed by atoms with E-state index in [1.165, 1.54) is 11.4 Å². The molecule has 0 atom stereocenters. The highest BCUT2D eigenvalue weighted by molar-refractivity contribution is 7.89. The number of H-pyrrole nitrogens is 1. The fourth-order valence-corrected chi connectivity index (χ4v) is 4.56. The first-order valence-electron chi connectivity index (χ1n) is 8.00. The van der Waals surface area contributed by atoms with Crippen LogP contribution in [-0.4, -0.2) is 61.8 Å². The molecule has 0 spiro atoms. The molecule has 8 heteroatoms. The largest absolute Gasteiger partial charge is 0.495 e. The van der Waals surface area contributed by atoms with Crippen molar-refractivity contribution in [1.29, 1.82) is 0 Å². The minimum Gasteiger partial charge on any atom is -0.495 e. The van der Waals surface area contributed by atoms with Crippen LogP contribution in [0.15, 0.2) is 41.6 Å². The first kappa shape index (κ1) is 17.5. The predicted octanol–water partition coefficient (Wildman–Crippen LogP) is 1.48. The number of carbonyl (C=O) groups excluding carboxylic acids is 1. The highest BCUT2D eigenvalue weighted by Crippen LogP contribution is 2.28. The number of amides is 1. The number of benzene rings is 1. The van der Waals surface area contributed by atoms with Crippen molar-refractivity contribution in [1.82, 2.24) is 14.2 Å². The molecular weight excluding hydrogens is 342 g/mol. The molecule has 1 aromatic heterocycles. The van der Waals surface area contributed by atoms with E-state index in [-0.39, 0.29) is 23.9 Å². The van der Waals surface area contributed by atoms with Crippen molar-refractivity contribution in [2.24, 2.45) is 0 Å². The van der Waals surface area contributed by atoms with Gasteiger partial charge in [-0.05, 0) is 30.7 Å². The van der Waals surface area contributed by atoms with Crippen LogP contribution < -0.4 is 4.74 Å². The maximum absolute atomic E-state index is 13.0. The molecule has 2 aromatic rings. The van der Waals surface area contributed by atoms with Gasteiger partial charge >= 0.3 is 0 Å². The second-order valence-electron chi connectivity index (χ2n) is 5.95. The van der Waals surface area contributed by atoms with E-state index < -0.39 is 10.0 Å². The van der Waals surface area contributed by atoms with Crippen molar-refractivity contribution < 1.29 is 17.9 Å². The third-order valence-corrected chi connectivity index (χ3v) is 6.23. The van der Waals surface area contributed by atoms with Crippen LogP contribution in [-0.2, 0) is 10.0 Å². The van der Waals surface area contributed by atoms with Crippen LogP contribution in [0.4, 0.5) is 0 Å². The Labute approximate surface area is 147 Å².